The molecule has 3 aromatic rings. The minimum Gasteiger partial charge on any atom is -0.489 e. The Balaban J connectivity index is 1.58. The standard InChI is InChI=1S/C28H34N6O4/c1-6-16-37-22-11-10-19(2)23(18-22)33-24-12-13-30-26(34-24)32-21-9-7-8-20(17-21)25(35)29-14-15-31-27(36)38-28(3,4)5/h6-13,17-18H,1,14-16H2,2-5H3,(H,29,35)(H,31,36)(H2,30,32,33,34). The van der Waals surface area contributed by atoms with Gasteiger partial charge in [-0.1, -0.05) is 24.8 Å². The normalized spacial score (nSPS) is 10.7. The number of amides is 2. The van der Waals surface area contributed by atoms with Crippen molar-refractivity contribution >= 4 is 35.1 Å². The second-order valence-electron chi connectivity index (χ2n) is 9.36. The highest BCUT2D eigenvalue weighted by atomic mass is 16.6. The summed E-state index contributed by atoms with van der Waals surface area (Å²) in [4.78, 5) is 33.1. The van der Waals surface area contributed by atoms with Gasteiger partial charge in [0.2, 0.25) is 5.95 Å². The lowest BCUT2D eigenvalue weighted by atomic mass is 10.2. The molecule has 200 valence electrons. The fourth-order valence-corrected chi connectivity index (χ4v) is 3.23. The number of rotatable bonds is 11. The summed E-state index contributed by atoms with van der Waals surface area (Å²) < 4.78 is 10.8. The highest BCUT2D eigenvalue weighted by Gasteiger charge is 2.15. The van der Waals surface area contributed by atoms with Crippen LogP contribution in [0, 0.1) is 6.92 Å². The Hall–Kier alpha value is -4.60. The lowest BCUT2D eigenvalue weighted by Crippen LogP contribution is -2.37. The summed E-state index contributed by atoms with van der Waals surface area (Å²) >= 11 is 0. The summed E-state index contributed by atoms with van der Waals surface area (Å²) in [6.45, 7) is 11.9. The molecular formula is C28H34N6O4. The molecule has 10 heteroatoms. The number of aryl methyl sites for hydroxylation is 1. The largest absolute Gasteiger partial charge is 0.489 e. The first-order valence-corrected chi connectivity index (χ1v) is 12.2. The van der Waals surface area contributed by atoms with E-state index < -0.39 is 11.7 Å². The van der Waals surface area contributed by atoms with Gasteiger partial charge in [0.1, 0.15) is 23.8 Å². The number of ether oxygens (including phenoxy) is 2. The van der Waals surface area contributed by atoms with Crippen molar-refractivity contribution in [1.29, 1.82) is 0 Å². The molecule has 0 aliphatic rings. The van der Waals surface area contributed by atoms with Crippen molar-refractivity contribution in [2.45, 2.75) is 33.3 Å². The zero-order valence-corrected chi connectivity index (χ0v) is 22.1. The van der Waals surface area contributed by atoms with Crippen LogP contribution in [0.15, 0.2) is 67.4 Å². The van der Waals surface area contributed by atoms with Gasteiger partial charge in [0.05, 0.1) is 0 Å². The quantitative estimate of drug-likeness (QED) is 0.204. The summed E-state index contributed by atoms with van der Waals surface area (Å²) in [5, 5.41) is 11.8. The van der Waals surface area contributed by atoms with E-state index >= 15 is 0 Å². The van der Waals surface area contributed by atoms with Gasteiger partial charge in [-0.3, -0.25) is 4.79 Å². The molecule has 10 nitrogen and oxygen atoms in total. The molecule has 0 fully saturated rings. The lowest BCUT2D eigenvalue weighted by molar-refractivity contribution is 0.0526. The van der Waals surface area contributed by atoms with E-state index in [1.165, 1.54) is 0 Å². The minimum atomic E-state index is -0.579. The number of hydrogen-bond acceptors (Lipinski definition) is 8. The van der Waals surface area contributed by atoms with Crippen LogP contribution in [0.2, 0.25) is 0 Å². The van der Waals surface area contributed by atoms with Gasteiger partial charge in [-0.15, -0.1) is 0 Å². The van der Waals surface area contributed by atoms with Crippen LogP contribution in [0.1, 0.15) is 36.7 Å². The van der Waals surface area contributed by atoms with Crippen molar-refractivity contribution in [3.05, 3.63) is 78.5 Å². The zero-order chi connectivity index (χ0) is 27.5. The van der Waals surface area contributed by atoms with Crippen LogP contribution in [-0.2, 0) is 4.74 Å². The van der Waals surface area contributed by atoms with Gasteiger partial charge in [0, 0.05) is 42.3 Å². The first-order chi connectivity index (χ1) is 18.1. The Labute approximate surface area is 222 Å². The molecule has 0 saturated carbocycles. The molecule has 0 aliphatic heterocycles. The van der Waals surface area contributed by atoms with E-state index in [-0.39, 0.29) is 19.0 Å². The average Bonchev–Trinajstić information content (AvgIpc) is 2.86. The Kier molecular flexibility index (Phi) is 9.64. The van der Waals surface area contributed by atoms with Gasteiger partial charge < -0.3 is 30.7 Å². The molecular weight excluding hydrogens is 484 g/mol. The number of alkyl carbamates (subject to hydrolysis) is 1. The molecule has 0 saturated heterocycles. The van der Waals surface area contributed by atoms with Gasteiger partial charge >= 0.3 is 6.09 Å². The van der Waals surface area contributed by atoms with E-state index in [4.69, 9.17) is 9.47 Å². The van der Waals surface area contributed by atoms with Crippen molar-refractivity contribution in [2.75, 3.05) is 30.3 Å². The fraction of sp³-hybridized carbons (Fsp3) is 0.286. The van der Waals surface area contributed by atoms with Crippen molar-refractivity contribution in [1.82, 2.24) is 20.6 Å². The van der Waals surface area contributed by atoms with Gasteiger partial charge in [-0.05, 0) is 63.6 Å². The van der Waals surface area contributed by atoms with Crippen LogP contribution in [0.25, 0.3) is 0 Å². The van der Waals surface area contributed by atoms with Crippen LogP contribution in [0.3, 0.4) is 0 Å². The molecule has 0 unspecified atom stereocenters. The summed E-state index contributed by atoms with van der Waals surface area (Å²) in [6.07, 6.45) is 2.80. The second-order valence-corrected chi connectivity index (χ2v) is 9.36. The maximum atomic E-state index is 12.6. The Morgan fingerprint density at radius 1 is 1.03 bits per heavy atom. The van der Waals surface area contributed by atoms with Crippen molar-refractivity contribution < 1.29 is 19.1 Å². The number of nitrogens with one attached hydrogen (secondary N) is 4. The smallest absolute Gasteiger partial charge is 0.407 e. The molecule has 3 rings (SSSR count). The van der Waals surface area contributed by atoms with Crippen LogP contribution in [0.4, 0.5) is 27.9 Å². The zero-order valence-electron chi connectivity index (χ0n) is 22.1. The molecule has 0 bridgehead atoms. The number of carbonyl (C=O) groups is 2. The number of benzene rings is 2. The predicted molar refractivity (Wildman–Crippen MR) is 148 cm³/mol. The third kappa shape index (κ3) is 9.12. The molecule has 4 N–H and O–H groups in total. The number of anilines is 4. The number of nitrogens with zero attached hydrogens (tertiary/aromatic N) is 2. The second kappa shape index (κ2) is 13.1. The molecule has 0 atom stereocenters. The maximum absolute atomic E-state index is 12.6. The highest BCUT2D eigenvalue weighted by molar-refractivity contribution is 5.95. The third-order valence-corrected chi connectivity index (χ3v) is 4.95. The van der Waals surface area contributed by atoms with E-state index in [1.807, 2.05) is 31.2 Å². The van der Waals surface area contributed by atoms with Crippen LogP contribution in [0.5, 0.6) is 5.75 Å². The lowest BCUT2D eigenvalue weighted by Gasteiger charge is -2.19. The van der Waals surface area contributed by atoms with Gasteiger partial charge in [0.15, 0.2) is 0 Å². The molecule has 0 radical (unpaired) electrons. The molecule has 2 aromatic carbocycles. The SMILES string of the molecule is C=CCOc1ccc(C)c(Nc2ccnc(Nc3cccc(C(=O)NCCNC(=O)OC(C)(C)C)c3)n2)c1. The maximum Gasteiger partial charge on any atom is 0.407 e. The van der Waals surface area contributed by atoms with Crippen molar-refractivity contribution in [2.24, 2.45) is 0 Å². The molecule has 0 aliphatic carbocycles. The summed E-state index contributed by atoms with van der Waals surface area (Å²) in [6, 6.07) is 14.5. The summed E-state index contributed by atoms with van der Waals surface area (Å²) in [7, 11) is 0. The third-order valence-electron chi connectivity index (χ3n) is 4.95. The Morgan fingerprint density at radius 3 is 2.58 bits per heavy atom. The van der Waals surface area contributed by atoms with E-state index in [9.17, 15) is 9.59 Å². The van der Waals surface area contributed by atoms with E-state index in [1.54, 1.807) is 57.3 Å². The van der Waals surface area contributed by atoms with E-state index in [0.29, 0.717) is 29.6 Å². The summed E-state index contributed by atoms with van der Waals surface area (Å²) in [5.41, 5.74) is 2.41. The minimum absolute atomic E-state index is 0.245. The van der Waals surface area contributed by atoms with Crippen LogP contribution < -0.4 is 26.0 Å². The molecule has 1 aromatic heterocycles. The first-order valence-electron chi connectivity index (χ1n) is 12.2. The van der Waals surface area contributed by atoms with Gasteiger partial charge in [-0.25, -0.2) is 9.78 Å². The van der Waals surface area contributed by atoms with Crippen LogP contribution in [-0.4, -0.2) is 47.3 Å². The highest BCUT2D eigenvalue weighted by Crippen LogP contribution is 2.25. The van der Waals surface area contributed by atoms with Crippen LogP contribution >= 0.6 is 0 Å². The molecule has 1 heterocycles. The fourth-order valence-electron chi connectivity index (χ4n) is 3.23. The Bertz CT molecular complexity index is 1270. The van der Waals surface area contributed by atoms with E-state index in [2.05, 4.69) is 37.8 Å². The van der Waals surface area contributed by atoms with Crippen molar-refractivity contribution in [3.8, 4) is 5.75 Å². The van der Waals surface area contributed by atoms with Gasteiger partial charge in [-0.2, -0.15) is 4.98 Å². The molecule has 0 spiro atoms. The molecule has 38 heavy (non-hydrogen) atoms. The van der Waals surface area contributed by atoms with Crippen molar-refractivity contribution in [3.63, 3.8) is 0 Å². The molecule has 2 amide bonds. The Morgan fingerprint density at radius 2 is 1.82 bits per heavy atom. The number of aromatic nitrogens is 2. The number of carbonyl (C=O) groups excluding carboxylic acids is 2. The topological polar surface area (TPSA) is 126 Å². The predicted octanol–water partition coefficient (Wildman–Crippen LogP) is 5.09. The van der Waals surface area contributed by atoms with E-state index in [0.717, 1.165) is 17.0 Å². The number of hydrogen-bond donors (Lipinski definition) is 4. The first kappa shape index (κ1) is 28.0. The monoisotopic (exact) mass is 518 g/mol. The average molecular weight is 519 g/mol. The van der Waals surface area contributed by atoms with Gasteiger partial charge in [0.25, 0.3) is 5.91 Å². The summed E-state index contributed by atoms with van der Waals surface area (Å²) in [5.74, 6) is 1.41.